The number of carbonyl (C=O) groups excluding carboxylic acids is 3. The summed E-state index contributed by atoms with van der Waals surface area (Å²) in [5, 5.41) is 53.4. The molecule has 6 rings (SSSR count). The molecular formula is C41H37Cl3F3N7O7. The van der Waals surface area contributed by atoms with Crippen LogP contribution < -0.4 is 36.6 Å². The average molecular weight is 903 g/mol. The lowest BCUT2D eigenvalue weighted by Gasteiger charge is -2.23. The number of ether oxygens (including phenoxy) is 1. The van der Waals surface area contributed by atoms with Crippen molar-refractivity contribution >= 4 is 81.3 Å². The van der Waals surface area contributed by atoms with Gasteiger partial charge in [0.25, 0.3) is 0 Å². The van der Waals surface area contributed by atoms with Crippen LogP contribution in [0.1, 0.15) is 37.7 Å². The number of carbonyl (C=O) groups is 3. The molecule has 0 spiro atoms. The fourth-order valence-corrected chi connectivity index (χ4v) is 5.90. The molecule has 5 aromatic carbocycles. The molecule has 0 heterocycles. The number of aromatic hydroxyl groups is 3. The first kappa shape index (κ1) is 46.9. The number of halogens is 6. The summed E-state index contributed by atoms with van der Waals surface area (Å²) >= 11 is 17.2. The zero-order valence-electron chi connectivity index (χ0n) is 31.6. The molecule has 14 nitrogen and oxygen atoms in total. The number of urea groups is 3. The van der Waals surface area contributed by atoms with Gasteiger partial charge in [-0.1, -0.05) is 72.3 Å². The lowest BCUT2D eigenvalue weighted by molar-refractivity contribution is -0.274. The highest BCUT2D eigenvalue weighted by atomic mass is 35.5. The molecular weight excluding hydrogens is 866 g/mol. The minimum atomic E-state index is -4.78. The van der Waals surface area contributed by atoms with Gasteiger partial charge < -0.3 is 52.0 Å². The van der Waals surface area contributed by atoms with Gasteiger partial charge in [0.2, 0.25) is 0 Å². The van der Waals surface area contributed by atoms with Crippen LogP contribution in [0.3, 0.4) is 0 Å². The molecule has 20 heteroatoms. The van der Waals surface area contributed by atoms with E-state index in [-0.39, 0.29) is 61.5 Å². The Morgan fingerprint density at radius 3 is 1.38 bits per heavy atom. The van der Waals surface area contributed by atoms with E-state index in [0.717, 1.165) is 37.8 Å². The Labute approximate surface area is 362 Å². The average Bonchev–Trinajstić information content (AvgIpc) is 3.21. The number of benzene rings is 5. The highest BCUT2D eigenvalue weighted by molar-refractivity contribution is 6.33. The first-order valence-electron chi connectivity index (χ1n) is 18.0. The molecule has 9 N–H and O–H groups in total. The molecule has 0 atom stereocenters. The van der Waals surface area contributed by atoms with E-state index < -0.39 is 24.2 Å². The standard InChI is InChI=1S/C14H10ClF3N2O3.C14H10ClN3O2.C13H17ClN2O2/c15-10-2-1-3-11(12(10)21)20-13(22)19-8-4-6-9(7-5-8)23-14(16,17)18;15-11-2-1-3-12(13(11)19)18-14(20)17-10-6-4-9(8-16)5-7-10;14-10-7-4-8-11(12(10)17)16-13(18)15-9-5-2-1-3-6-9/h1-7,21H,(H2,19,20,22);1-7,19H,(H2,17,18,20);4,7-9,17H,1-3,5-6H2,(H2,15,16,18). The van der Waals surface area contributed by atoms with Crippen molar-refractivity contribution in [1.82, 2.24) is 5.32 Å². The van der Waals surface area contributed by atoms with Crippen LogP contribution in [0.25, 0.3) is 0 Å². The molecule has 320 valence electrons. The van der Waals surface area contributed by atoms with Crippen LogP contribution >= 0.6 is 34.8 Å². The molecule has 1 aliphatic carbocycles. The smallest absolute Gasteiger partial charge is 0.504 e. The summed E-state index contributed by atoms with van der Waals surface area (Å²) < 4.78 is 39.8. The molecule has 1 aliphatic rings. The van der Waals surface area contributed by atoms with Gasteiger partial charge in [-0.15, -0.1) is 13.2 Å². The second kappa shape index (κ2) is 22.6. The Balaban J connectivity index is 0.000000203. The van der Waals surface area contributed by atoms with Crippen LogP contribution in [0.2, 0.25) is 15.1 Å². The van der Waals surface area contributed by atoms with E-state index in [4.69, 9.17) is 40.1 Å². The Morgan fingerprint density at radius 1 is 0.590 bits per heavy atom. The topological polar surface area (TPSA) is 217 Å². The van der Waals surface area contributed by atoms with Crippen molar-refractivity contribution in [3.05, 3.63) is 124 Å². The maximum absolute atomic E-state index is 12.0. The Hall–Kier alpha value is -6.74. The quantitative estimate of drug-likeness (QED) is 0.0714. The molecule has 1 fully saturated rings. The van der Waals surface area contributed by atoms with Crippen molar-refractivity contribution in [2.24, 2.45) is 0 Å². The lowest BCUT2D eigenvalue weighted by atomic mass is 9.96. The fraction of sp³-hybridized carbons (Fsp3) is 0.171. The summed E-state index contributed by atoms with van der Waals surface area (Å²) in [7, 11) is 0. The number of anilines is 5. The summed E-state index contributed by atoms with van der Waals surface area (Å²) in [5.41, 5.74) is 1.90. The largest absolute Gasteiger partial charge is 0.573 e. The van der Waals surface area contributed by atoms with Gasteiger partial charge in [-0.05, 0) is 97.8 Å². The van der Waals surface area contributed by atoms with E-state index in [9.17, 15) is 42.9 Å². The number of amides is 6. The van der Waals surface area contributed by atoms with Gasteiger partial charge in [0.1, 0.15) is 5.75 Å². The normalized spacial score (nSPS) is 12.1. The summed E-state index contributed by atoms with van der Waals surface area (Å²) in [5.74, 6) is -0.990. The second-order valence-electron chi connectivity index (χ2n) is 12.8. The van der Waals surface area contributed by atoms with E-state index in [1.165, 1.54) is 48.9 Å². The summed E-state index contributed by atoms with van der Waals surface area (Å²) in [4.78, 5) is 35.3. The van der Waals surface area contributed by atoms with E-state index in [0.29, 0.717) is 16.9 Å². The second-order valence-corrected chi connectivity index (χ2v) is 14.0. The maximum Gasteiger partial charge on any atom is 0.573 e. The number of nitrogens with zero attached hydrogens (tertiary/aromatic N) is 1. The third kappa shape index (κ3) is 15.8. The lowest BCUT2D eigenvalue weighted by Crippen LogP contribution is -2.39. The van der Waals surface area contributed by atoms with Crippen molar-refractivity contribution in [3.63, 3.8) is 0 Å². The highest BCUT2D eigenvalue weighted by Crippen LogP contribution is 2.33. The molecule has 0 aromatic heterocycles. The minimum absolute atomic E-state index is 0.0662. The third-order valence-electron chi connectivity index (χ3n) is 8.26. The summed E-state index contributed by atoms with van der Waals surface area (Å²) in [6.45, 7) is 0. The first-order chi connectivity index (χ1) is 29.0. The van der Waals surface area contributed by atoms with Gasteiger partial charge in [-0.2, -0.15) is 5.26 Å². The number of nitriles is 1. The van der Waals surface area contributed by atoms with E-state index in [1.807, 2.05) is 6.07 Å². The number of nitrogens with one attached hydrogen (secondary N) is 6. The predicted octanol–water partition coefficient (Wildman–Crippen LogP) is 11.6. The molecule has 0 saturated heterocycles. The van der Waals surface area contributed by atoms with Crippen molar-refractivity contribution < 1.29 is 47.6 Å². The van der Waals surface area contributed by atoms with Crippen molar-refractivity contribution in [2.45, 2.75) is 44.5 Å². The Morgan fingerprint density at radius 2 is 0.984 bits per heavy atom. The Bertz CT molecular complexity index is 2330. The fourth-order valence-electron chi connectivity index (χ4n) is 5.38. The Kier molecular flexibility index (Phi) is 17.4. The van der Waals surface area contributed by atoms with Crippen LogP contribution in [0, 0.1) is 11.3 Å². The minimum Gasteiger partial charge on any atom is -0.504 e. The third-order valence-corrected chi connectivity index (χ3v) is 9.18. The van der Waals surface area contributed by atoms with Gasteiger partial charge in [0, 0.05) is 17.4 Å². The number of hydrogen-bond donors (Lipinski definition) is 9. The number of alkyl halides is 3. The van der Waals surface area contributed by atoms with Gasteiger partial charge in [-0.3, -0.25) is 0 Å². The van der Waals surface area contributed by atoms with Gasteiger partial charge in [0.15, 0.2) is 17.2 Å². The molecule has 61 heavy (non-hydrogen) atoms. The summed E-state index contributed by atoms with van der Waals surface area (Å²) in [6, 6.07) is 25.6. The molecule has 0 radical (unpaired) electrons. The molecule has 0 unspecified atom stereocenters. The number of hydrogen-bond acceptors (Lipinski definition) is 8. The zero-order chi connectivity index (χ0) is 44.5. The monoisotopic (exact) mass is 901 g/mol. The molecule has 0 bridgehead atoms. The zero-order valence-corrected chi connectivity index (χ0v) is 33.9. The van der Waals surface area contributed by atoms with Crippen molar-refractivity contribution in [1.29, 1.82) is 5.26 Å². The summed E-state index contributed by atoms with van der Waals surface area (Å²) in [6.07, 6.45) is 0.829. The maximum atomic E-state index is 12.0. The van der Waals surface area contributed by atoms with Crippen molar-refractivity contribution in [2.75, 3.05) is 26.6 Å². The molecule has 0 aliphatic heterocycles. The number of phenolic OH excluding ortho intramolecular Hbond substituents is 3. The number of rotatable bonds is 7. The SMILES string of the molecule is N#Cc1ccc(NC(=O)Nc2cccc(Cl)c2O)cc1.O=C(Nc1ccc(OC(F)(F)F)cc1)Nc1cccc(Cl)c1O.O=C(Nc1cccc(Cl)c1O)NC1CCCCC1. The van der Waals surface area contributed by atoms with Crippen LogP contribution in [0.15, 0.2) is 103 Å². The van der Waals surface area contributed by atoms with E-state index >= 15 is 0 Å². The number of para-hydroxylation sites is 3. The highest BCUT2D eigenvalue weighted by Gasteiger charge is 2.31. The van der Waals surface area contributed by atoms with Gasteiger partial charge >= 0.3 is 24.5 Å². The van der Waals surface area contributed by atoms with Crippen LogP contribution in [0.4, 0.5) is 56.0 Å². The molecule has 6 amide bonds. The number of phenols is 3. The van der Waals surface area contributed by atoms with E-state index in [1.54, 1.807) is 48.5 Å². The van der Waals surface area contributed by atoms with E-state index in [2.05, 4.69) is 36.6 Å². The molecule has 5 aromatic rings. The first-order valence-corrected chi connectivity index (χ1v) is 19.2. The molecule has 1 saturated carbocycles. The van der Waals surface area contributed by atoms with Crippen molar-refractivity contribution in [3.8, 4) is 29.1 Å². The van der Waals surface area contributed by atoms with Gasteiger partial charge in [0.05, 0.1) is 43.8 Å². The predicted molar refractivity (Wildman–Crippen MR) is 228 cm³/mol. The van der Waals surface area contributed by atoms with Crippen LogP contribution in [-0.4, -0.2) is 45.8 Å². The van der Waals surface area contributed by atoms with Crippen LogP contribution in [0.5, 0.6) is 23.0 Å². The van der Waals surface area contributed by atoms with Crippen LogP contribution in [-0.2, 0) is 0 Å². The van der Waals surface area contributed by atoms with Gasteiger partial charge in [-0.25, -0.2) is 14.4 Å².